The van der Waals surface area contributed by atoms with Gasteiger partial charge in [0, 0.05) is 24.3 Å². The maximum absolute atomic E-state index is 11.5. The summed E-state index contributed by atoms with van der Waals surface area (Å²) in [5.41, 5.74) is 0. The van der Waals surface area contributed by atoms with Crippen molar-refractivity contribution < 1.29 is 38.1 Å². The molecule has 8 nitrogen and oxygen atoms in total. The van der Waals surface area contributed by atoms with Crippen LogP contribution in [0.4, 0.5) is 0 Å². The van der Waals surface area contributed by atoms with E-state index in [-0.39, 0.29) is 13.2 Å². The molecule has 0 aromatic carbocycles. The lowest BCUT2D eigenvalue weighted by Crippen LogP contribution is -2.14. The standard InChI is InChI=1S/C22H34O8/c1-5-17(6-2)15-29-21(25)11-9-19(23)27-13-14-28-20(24)10-12-22(26)30-16-18(7-3)8-4/h9-12,17-18H,5-8,13-16H2,1-4H3/b11-9+,12-10?. The maximum Gasteiger partial charge on any atom is 0.331 e. The molecule has 0 saturated heterocycles. The number of ether oxygens (including phenoxy) is 4. The molecular formula is C22H34O8. The molecule has 8 heteroatoms. The first-order chi connectivity index (χ1) is 14.4. The molecule has 0 fully saturated rings. The van der Waals surface area contributed by atoms with Crippen LogP contribution in [-0.2, 0) is 38.1 Å². The predicted molar refractivity (Wildman–Crippen MR) is 110 cm³/mol. The van der Waals surface area contributed by atoms with Crippen LogP contribution in [0.5, 0.6) is 0 Å². The molecule has 170 valence electrons. The number of hydrogen-bond donors (Lipinski definition) is 0. The molecule has 30 heavy (non-hydrogen) atoms. The summed E-state index contributed by atoms with van der Waals surface area (Å²) in [6, 6.07) is 0. The third-order valence-electron chi connectivity index (χ3n) is 4.51. The van der Waals surface area contributed by atoms with E-state index >= 15 is 0 Å². The molecule has 0 unspecified atom stereocenters. The Morgan fingerprint density at radius 2 is 0.800 bits per heavy atom. The van der Waals surface area contributed by atoms with E-state index in [4.69, 9.17) is 18.9 Å². The number of esters is 4. The fourth-order valence-corrected chi connectivity index (χ4v) is 2.20. The Hall–Kier alpha value is -2.64. The monoisotopic (exact) mass is 426 g/mol. The molecule has 0 aromatic rings. The van der Waals surface area contributed by atoms with Crippen LogP contribution in [0.1, 0.15) is 53.4 Å². The number of carbonyl (C=O) groups excluding carboxylic acids is 4. The third kappa shape index (κ3) is 14.4. The Labute approximate surface area is 178 Å². The van der Waals surface area contributed by atoms with Crippen LogP contribution in [-0.4, -0.2) is 50.3 Å². The van der Waals surface area contributed by atoms with Crippen molar-refractivity contribution in [3.63, 3.8) is 0 Å². The van der Waals surface area contributed by atoms with Gasteiger partial charge in [-0.1, -0.05) is 53.4 Å². The van der Waals surface area contributed by atoms with Crippen LogP contribution < -0.4 is 0 Å². The van der Waals surface area contributed by atoms with Crippen LogP contribution in [0.25, 0.3) is 0 Å². The molecule has 0 spiro atoms. The largest absolute Gasteiger partial charge is 0.462 e. The van der Waals surface area contributed by atoms with E-state index in [2.05, 4.69) is 0 Å². The second-order valence-corrected chi connectivity index (χ2v) is 6.63. The number of hydrogen-bond acceptors (Lipinski definition) is 8. The summed E-state index contributed by atoms with van der Waals surface area (Å²) < 4.78 is 19.7. The lowest BCUT2D eigenvalue weighted by atomic mass is 10.1. The van der Waals surface area contributed by atoms with Gasteiger partial charge in [0.25, 0.3) is 0 Å². The van der Waals surface area contributed by atoms with Gasteiger partial charge in [0.2, 0.25) is 0 Å². The van der Waals surface area contributed by atoms with Crippen LogP contribution in [0, 0.1) is 11.8 Å². The van der Waals surface area contributed by atoms with Crippen molar-refractivity contribution >= 4 is 23.9 Å². The number of carbonyl (C=O) groups is 4. The zero-order valence-electron chi connectivity index (χ0n) is 18.4. The van der Waals surface area contributed by atoms with Gasteiger partial charge >= 0.3 is 23.9 Å². The van der Waals surface area contributed by atoms with Crippen molar-refractivity contribution in [2.24, 2.45) is 11.8 Å². The average Bonchev–Trinajstić information content (AvgIpc) is 2.75. The van der Waals surface area contributed by atoms with E-state index in [0.717, 1.165) is 50.0 Å². The fraction of sp³-hybridized carbons (Fsp3) is 0.636. The molecule has 0 bridgehead atoms. The maximum atomic E-state index is 11.5. The summed E-state index contributed by atoms with van der Waals surface area (Å²) in [4.78, 5) is 46.0. The normalized spacial score (nSPS) is 11.3. The molecule has 0 aliphatic rings. The molecule has 0 aliphatic heterocycles. The van der Waals surface area contributed by atoms with Gasteiger partial charge in [-0.3, -0.25) is 0 Å². The summed E-state index contributed by atoms with van der Waals surface area (Å²) in [5.74, 6) is -2.16. The first kappa shape index (κ1) is 27.4. The smallest absolute Gasteiger partial charge is 0.331 e. The lowest BCUT2D eigenvalue weighted by molar-refractivity contribution is -0.146. The number of rotatable bonds is 15. The van der Waals surface area contributed by atoms with Crippen molar-refractivity contribution in [2.75, 3.05) is 26.4 Å². The van der Waals surface area contributed by atoms with Gasteiger partial charge in [-0.15, -0.1) is 0 Å². The van der Waals surface area contributed by atoms with E-state index in [1.54, 1.807) is 0 Å². The first-order valence-electron chi connectivity index (χ1n) is 10.4. The molecule has 0 atom stereocenters. The van der Waals surface area contributed by atoms with E-state index in [9.17, 15) is 19.2 Å². The molecule has 0 amide bonds. The van der Waals surface area contributed by atoms with Crippen molar-refractivity contribution in [3.05, 3.63) is 24.3 Å². The second-order valence-electron chi connectivity index (χ2n) is 6.63. The third-order valence-corrected chi connectivity index (χ3v) is 4.51. The fourth-order valence-electron chi connectivity index (χ4n) is 2.20. The van der Waals surface area contributed by atoms with Gasteiger partial charge in [-0.2, -0.15) is 0 Å². The van der Waals surface area contributed by atoms with Gasteiger partial charge in [0.1, 0.15) is 13.2 Å². The minimum Gasteiger partial charge on any atom is -0.462 e. The molecular weight excluding hydrogens is 392 g/mol. The molecule has 0 saturated carbocycles. The van der Waals surface area contributed by atoms with Gasteiger partial charge in [0.15, 0.2) is 0 Å². The zero-order chi connectivity index (χ0) is 22.8. The van der Waals surface area contributed by atoms with Gasteiger partial charge < -0.3 is 18.9 Å². The highest BCUT2D eigenvalue weighted by molar-refractivity contribution is 5.92. The van der Waals surface area contributed by atoms with Crippen molar-refractivity contribution in [1.29, 1.82) is 0 Å². The van der Waals surface area contributed by atoms with Crippen LogP contribution in [0.15, 0.2) is 24.3 Å². The van der Waals surface area contributed by atoms with Gasteiger partial charge in [-0.25, -0.2) is 19.2 Å². The highest BCUT2D eigenvalue weighted by Gasteiger charge is 2.08. The molecule has 0 radical (unpaired) electrons. The minimum absolute atomic E-state index is 0.190. The molecule has 0 heterocycles. The SMILES string of the molecule is CCC(CC)COC(=O)C=CC(=O)OCCOC(=O)/C=C/C(=O)OCC(CC)CC. The van der Waals surface area contributed by atoms with Crippen molar-refractivity contribution in [1.82, 2.24) is 0 Å². The Morgan fingerprint density at radius 1 is 0.533 bits per heavy atom. The Balaban J connectivity index is 3.99. The van der Waals surface area contributed by atoms with E-state index in [0.29, 0.717) is 25.0 Å². The Bertz CT molecular complexity index is 534. The predicted octanol–water partition coefficient (Wildman–Crippen LogP) is 3.14. The highest BCUT2D eigenvalue weighted by atomic mass is 16.6. The van der Waals surface area contributed by atoms with Crippen LogP contribution in [0.2, 0.25) is 0 Å². The molecule has 0 rings (SSSR count). The highest BCUT2D eigenvalue weighted by Crippen LogP contribution is 2.08. The molecule has 0 aromatic heterocycles. The Kier molecular flexibility index (Phi) is 15.7. The quantitative estimate of drug-likeness (QED) is 0.170. The topological polar surface area (TPSA) is 105 Å². The molecule has 0 aliphatic carbocycles. The van der Waals surface area contributed by atoms with E-state index in [1.807, 2.05) is 27.7 Å². The van der Waals surface area contributed by atoms with Crippen LogP contribution in [0.3, 0.4) is 0 Å². The van der Waals surface area contributed by atoms with E-state index in [1.165, 1.54) is 0 Å². The van der Waals surface area contributed by atoms with Gasteiger partial charge in [0.05, 0.1) is 13.2 Å². The summed E-state index contributed by atoms with van der Waals surface area (Å²) >= 11 is 0. The summed E-state index contributed by atoms with van der Waals surface area (Å²) in [6.07, 6.45) is 7.51. The summed E-state index contributed by atoms with van der Waals surface area (Å²) in [6.45, 7) is 8.28. The van der Waals surface area contributed by atoms with Crippen molar-refractivity contribution in [3.8, 4) is 0 Å². The minimum atomic E-state index is -0.758. The second kappa shape index (κ2) is 17.2. The van der Waals surface area contributed by atoms with Crippen molar-refractivity contribution in [2.45, 2.75) is 53.4 Å². The molecule has 0 N–H and O–H groups in total. The first-order valence-corrected chi connectivity index (χ1v) is 10.4. The van der Waals surface area contributed by atoms with Crippen LogP contribution >= 0.6 is 0 Å². The van der Waals surface area contributed by atoms with E-state index < -0.39 is 23.9 Å². The zero-order valence-corrected chi connectivity index (χ0v) is 18.4. The average molecular weight is 427 g/mol. The lowest BCUT2D eigenvalue weighted by Gasteiger charge is -2.11. The summed E-state index contributed by atoms with van der Waals surface area (Å²) in [7, 11) is 0. The van der Waals surface area contributed by atoms with Gasteiger partial charge in [-0.05, 0) is 11.8 Å². The summed E-state index contributed by atoms with van der Waals surface area (Å²) in [5, 5.41) is 0. The Morgan fingerprint density at radius 3 is 1.07 bits per heavy atom.